The van der Waals surface area contributed by atoms with Gasteiger partial charge in [0.1, 0.15) is 11.3 Å². The fourth-order valence-electron chi connectivity index (χ4n) is 1.18. The molecule has 5 nitrogen and oxygen atoms in total. The average molecular weight is 224 g/mol. The van der Waals surface area contributed by atoms with Crippen LogP contribution in [0.3, 0.4) is 0 Å². The molecule has 88 valence electrons. The zero-order chi connectivity index (χ0) is 12.5. The zero-order valence-corrected chi connectivity index (χ0v) is 9.90. The molecule has 0 saturated heterocycles. The number of ether oxygens (including phenoxy) is 1. The summed E-state index contributed by atoms with van der Waals surface area (Å²) in [5.74, 6) is -0.705. The Balaban J connectivity index is 3.14. The van der Waals surface area contributed by atoms with Gasteiger partial charge in [0.25, 0.3) is 0 Å². The van der Waals surface area contributed by atoms with E-state index in [0.717, 1.165) is 0 Å². The number of carbonyl (C=O) groups excluding carboxylic acids is 1. The zero-order valence-electron chi connectivity index (χ0n) is 9.90. The van der Waals surface area contributed by atoms with Crippen LogP contribution < -0.4 is 10.5 Å². The van der Waals surface area contributed by atoms with Crippen LogP contribution in [0.15, 0.2) is 12.1 Å². The van der Waals surface area contributed by atoms with Crippen molar-refractivity contribution in [1.29, 1.82) is 0 Å². The van der Waals surface area contributed by atoms with Crippen molar-refractivity contribution < 1.29 is 14.3 Å². The van der Waals surface area contributed by atoms with Crippen molar-refractivity contribution in [3.8, 4) is 0 Å². The number of esters is 1. The third kappa shape index (κ3) is 2.62. The molecule has 16 heavy (non-hydrogen) atoms. The number of nitrogens with two attached hydrogens (primary N) is 1. The summed E-state index contributed by atoms with van der Waals surface area (Å²) in [5, 5.41) is 11.7. The van der Waals surface area contributed by atoms with Gasteiger partial charge in [-0.25, -0.2) is 4.79 Å². The number of pyridine rings is 1. The topological polar surface area (TPSA) is 79.3 Å². The monoisotopic (exact) mass is 224 g/mol. The number of carbonyl (C=O) groups is 1. The standard InChI is InChI=1S/C11H16N2O3/c1-7-5-6-8(12)9(13(7)15)10(14)16-11(2,3)4/h5-6H,12H2,1-4H3. The number of aromatic nitrogens is 1. The van der Waals surface area contributed by atoms with Crippen LogP contribution in [0.25, 0.3) is 0 Å². The molecule has 0 aromatic carbocycles. The summed E-state index contributed by atoms with van der Waals surface area (Å²) in [6.07, 6.45) is 0. The smallest absolute Gasteiger partial charge is 0.407 e. The number of anilines is 1. The van der Waals surface area contributed by atoms with E-state index in [9.17, 15) is 10.0 Å². The highest BCUT2D eigenvalue weighted by atomic mass is 16.6. The molecule has 0 saturated carbocycles. The molecule has 0 amide bonds. The SMILES string of the molecule is Cc1ccc(N)c(C(=O)OC(C)(C)C)[n+]1[O-]. The average Bonchev–Trinajstić information content (AvgIpc) is 2.09. The molecule has 0 aliphatic rings. The van der Waals surface area contributed by atoms with Gasteiger partial charge in [0, 0.05) is 13.0 Å². The van der Waals surface area contributed by atoms with Crippen molar-refractivity contribution in [2.45, 2.75) is 33.3 Å². The first-order valence-corrected chi connectivity index (χ1v) is 4.94. The minimum atomic E-state index is -0.705. The first kappa shape index (κ1) is 12.3. The van der Waals surface area contributed by atoms with Crippen LogP contribution in [-0.4, -0.2) is 11.6 Å². The number of hydrogen-bond acceptors (Lipinski definition) is 4. The summed E-state index contributed by atoms with van der Waals surface area (Å²) in [6, 6.07) is 3.07. The van der Waals surface area contributed by atoms with Gasteiger partial charge in [0.05, 0.1) is 0 Å². The van der Waals surface area contributed by atoms with Gasteiger partial charge < -0.3 is 15.7 Å². The van der Waals surface area contributed by atoms with Crippen LogP contribution in [0.2, 0.25) is 0 Å². The highest BCUT2D eigenvalue weighted by molar-refractivity contribution is 5.91. The van der Waals surface area contributed by atoms with Crippen molar-refractivity contribution in [3.63, 3.8) is 0 Å². The lowest BCUT2D eigenvalue weighted by Crippen LogP contribution is -2.41. The van der Waals surface area contributed by atoms with Crippen LogP contribution in [0.5, 0.6) is 0 Å². The van der Waals surface area contributed by atoms with E-state index in [1.165, 1.54) is 6.07 Å². The molecule has 0 aliphatic heterocycles. The molecule has 0 spiro atoms. The van der Waals surface area contributed by atoms with Crippen LogP contribution in [0, 0.1) is 12.1 Å². The van der Waals surface area contributed by atoms with E-state index in [2.05, 4.69) is 0 Å². The third-order valence-electron chi connectivity index (χ3n) is 1.89. The maximum absolute atomic E-state index is 11.7. The van der Waals surface area contributed by atoms with Crippen LogP contribution in [-0.2, 0) is 4.74 Å². The number of rotatable bonds is 1. The highest BCUT2D eigenvalue weighted by Crippen LogP contribution is 2.14. The number of hydrogen-bond donors (Lipinski definition) is 1. The predicted molar refractivity (Wildman–Crippen MR) is 59.7 cm³/mol. The molecule has 1 aromatic heterocycles. The fourth-order valence-corrected chi connectivity index (χ4v) is 1.18. The molecule has 1 aromatic rings. The molecule has 0 aliphatic carbocycles. The molecule has 0 atom stereocenters. The van der Waals surface area contributed by atoms with Gasteiger partial charge in [-0.05, 0) is 26.8 Å². The molecular weight excluding hydrogens is 208 g/mol. The van der Waals surface area contributed by atoms with E-state index in [-0.39, 0.29) is 11.4 Å². The molecule has 0 radical (unpaired) electrons. The fraction of sp³-hybridized carbons (Fsp3) is 0.455. The molecule has 0 fully saturated rings. The van der Waals surface area contributed by atoms with Gasteiger partial charge in [0.15, 0.2) is 5.69 Å². The lowest BCUT2D eigenvalue weighted by Gasteiger charge is -2.19. The second kappa shape index (κ2) is 4.00. The second-order valence-electron chi connectivity index (χ2n) is 4.57. The van der Waals surface area contributed by atoms with Crippen molar-refractivity contribution in [2.75, 3.05) is 5.73 Å². The van der Waals surface area contributed by atoms with Gasteiger partial charge in [-0.15, -0.1) is 0 Å². The Hall–Kier alpha value is -1.78. The normalized spacial score (nSPS) is 11.2. The van der Waals surface area contributed by atoms with Crippen molar-refractivity contribution in [1.82, 2.24) is 0 Å². The molecule has 0 bridgehead atoms. The van der Waals surface area contributed by atoms with E-state index in [0.29, 0.717) is 10.4 Å². The lowest BCUT2D eigenvalue weighted by molar-refractivity contribution is -0.614. The Morgan fingerprint density at radius 2 is 2.00 bits per heavy atom. The Kier molecular flexibility index (Phi) is 3.07. The predicted octanol–water partition coefficient (Wildman–Crippen LogP) is 1.17. The maximum Gasteiger partial charge on any atom is 0.407 e. The quantitative estimate of drug-likeness (QED) is 0.441. The number of nitrogen functional groups attached to an aromatic ring is 1. The van der Waals surface area contributed by atoms with Gasteiger partial charge in [-0.1, -0.05) is 0 Å². The molecule has 0 unspecified atom stereocenters. The van der Waals surface area contributed by atoms with Gasteiger partial charge in [0.2, 0.25) is 0 Å². The van der Waals surface area contributed by atoms with Crippen LogP contribution >= 0.6 is 0 Å². The van der Waals surface area contributed by atoms with E-state index in [1.807, 2.05) is 0 Å². The Bertz CT molecular complexity index is 422. The van der Waals surface area contributed by atoms with Crippen molar-refractivity contribution in [3.05, 3.63) is 28.7 Å². The maximum atomic E-state index is 11.7. The third-order valence-corrected chi connectivity index (χ3v) is 1.89. The van der Waals surface area contributed by atoms with Crippen molar-refractivity contribution in [2.24, 2.45) is 0 Å². The number of nitrogens with zero attached hydrogens (tertiary/aromatic N) is 1. The first-order chi connectivity index (χ1) is 7.22. The Labute approximate surface area is 94.4 Å². The molecule has 2 N–H and O–H groups in total. The van der Waals surface area contributed by atoms with E-state index < -0.39 is 11.6 Å². The summed E-state index contributed by atoms with van der Waals surface area (Å²) in [6.45, 7) is 6.78. The van der Waals surface area contributed by atoms with E-state index >= 15 is 0 Å². The van der Waals surface area contributed by atoms with Gasteiger partial charge >= 0.3 is 11.7 Å². The summed E-state index contributed by atoms with van der Waals surface area (Å²) >= 11 is 0. The van der Waals surface area contributed by atoms with Crippen molar-refractivity contribution >= 4 is 11.7 Å². The summed E-state index contributed by atoms with van der Waals surface area (Å²) in [5.41, 5.74) is 5.30. The van der Waals surface area contributed by atoms with E-state index in [1.54, 1.807) is 33.8 Å². The van der Waals surface area contributed by atoms with Gasteiger partial charge in [-0.2, -0.15) is 4.73 Å². The Morgan fingerprint density at radius 1 is 1.44 bits per heavy atom. The Morgan fingerprint density at radius 3 is 2.50 bits per heavy atom. The summed E-state index contributed by atoms with van der Waals surface area (Å²) in [4.78, 5) is 11.7. The minimum absolute atomic E-state index is 0.120. The molecule has 1 rings (SSSR count). The van der Waals surface area contributed by atoms with E-state index in [4.69, 9.17) is 10.5 Å². The van der Waals surface area contributed by atoms with Crippen LogP contribution in [0.1, 0.15) is 37.0 Å². The lowest BCUT2D eigenvalue weighted by atomic mass is 10.2. The number of aryl methyl sites for hydroxylation is 1. The largest absolute Gasteiger partial charge is 0.618 e. The highest BCUT2D eigenvalue weighted by Gasteiger charge is 2.27. The van der Waals surface area contributed by atoms with Crippen LogP contribution in [0.4, 0.5) is 5.69 Å². The second-order valence-corrected chi connectivity index (χ2v) is 4.57. The summed E-state index contributed by atoms with van der Waals surface area (Å²) in [7, 11) is 0. The minimum Gasteiger partial charge on any atom is -0.618 e. The summed E-state index contributed by atoms with van der Waals surface area (Å²) < 4.78 is 5.59. The first-order valence-electron chi connectivity index (χ1n) is 4.94. The molecule has 5 heteroatoms. The van der Waals surface area contributed by atoms with Gasteiger partial charge in [-0.3, -0.25) is 0 Å². The molecule has 1 heterocycles. The molecular formula is C11H16N2O3.